The Bertz CT molecular complexity index is 378. The summed E-state index contributed by atoms with van der Waals surface area (Å²) in [7, 11) is 4.17. The maximum Gasteiger partial charge on any atom is 0.0895 e. The SMILES string of the molecule is CCN=C=NC(CCN(C)C)Cc1ccccc1. The molecule has 1 rings (SSSR count). The van der Waals surface area contributed by atoms with Crippen LogP contribution >= 0.6 is 0 Å². The smallest absolute Gasteiger partial charge is 0.0895 e. The van der Waals surface area contributed by atoms with Crippen LogP contribution in [-0.4, -0.2) is 44.1 Å². The van der Waals surface area contributed by atoms with E-state index in [2.05, 4.69) is 59.3 Å². The van der Waals surface area contributed by atoms with Gasteiger partial charge in [-0.1, -0.05) is 30.3 Å². The molecular formula is C15H23N3. The van der Waals surface area contributed by atoms with E-state index in [9.17, 15) is 0 Å². The first kappa shape index (κ1) is 14.6. The van der Waals surface area contributed by atoms with Crippen molar-refractivity contribution in [2.24, 2.45) is 9.98 Å². The Balaban J connectivity index is 2.62. The van der Waals surface area contributed by atoms with Crippen LogP contribution < -0.4 is 0 Å². The minimum Gasteiger partial charge on any atom is -0.309 e. The second-order valence-corrected chi connectivity index (χ2v) is 4.64. The normalized spacial score (nSPS) is 12.0. The molecule has 0 N–H and O–H groups in total. The Morgan fingerprint density at radius 3 is 2.56 bits per heavy atom. The topological polar surface area (TPSA) is 28.0 Å². The van der Waals surface area contributed by atoms with Crippen LogP contribution in [-0.2, 0) is 6.42 Å². The third kappa shape index (κ3) is 6.33. The average Bonchev–Trinajstić information content (AvgIpc) is 2.37. The van der Waals surface area contributed by atoms with E-state index in [-0.39, 0.29) is 6.04 Å². The van der Waals surface area contributed by atoms with Gasteiger partial charge in [-0.3, -0.25) is 0 Å². The Kier molecular flexibility index (Phi) is 7.00. The maximum atomic E-state index is 4.44. The van der Waals surface area contributed by atoms with E-state index in [4.69, 9.17) is 0 Å². The Morgan fingerprint density at radius 2 is 1.94 bits per heavy atom. The van der Waals surface area contributed by atoms with Crippen molar-refractivity contribution in [3.05, 3.63) is 35.9 Å². The fourth-order valence-electron chi connectivity index (χ4n) is 1.70. The highest BCUT2D eigenvalue weighted by atomic mass is 15.1. The molecule has 0 spiro atoms. The van der Waals surface area contributed by atoms with Crippen molar-refractivity contribution in [1.82, 2.24) is 4.90 Å². The van der Waals surface area contributed by atoms with Gasteiger partial charge in [0.25, 0.3) is 0 Å². The van der Waals surface area contributed by atoms with Gasteiger partial charge >= 0.3 is 0 Å². The van der Waals surface area contributed by atoms with Gasteiger partial charge in [0.15, 0.2) is 0 Å². The quantitative estimate of drug-likeness (QED) is 0.679. The molecule has 18 heavy (non-hydrogen) atoms. The van der Waals surface area contributed by atoms with Crippen molar-refractivity contribution in [3.8, 4) is 0 Å². The first-order valence-electron chi connectivity index (χ1n) is 6.52. The van der Waals surface area contributed by atoms with Gasteiger partial charge in [0.1, 0.15) is 0 Å². The lowest BCUT2D eigenvalue weighted by Crippen LogP contribution is -2.20. The van der Waals surface area contributed by atoms with E-state index >= 15 is 0 Å². The van der Waals surface area contributed by atoms with Crippen LogP contribution in [0.25, 0.3) is 0 Å². The van der Waals surface area contributed by atoms with E-state index in [1.807, 2.05) is 13.0 Å². The zero-order chi connectivity index (χ0) is 13.2. The molecule has 1 aromatic carbocycles. The van der Waals surface area contributed by atoms with Gasteiger partial charge in [0.05, 0.1) is 12.1 Å². The molecule has 0 saturated heterocycles. The minimum absolute atomic E-state index is 0.269. The zero-order valence-corrected chi connectivity index (χ0v) is 11.6. The maximum absolute atomic E-state index is 4.44. The highest BCUT2D eigenvalue weighted by Gasteiger charge is 2.08. The monoisotopic (exact) mass is 245 g/mol. The van der Waals surface area contributed by atoms with E-state index in [1.54, 1.807) is 0 Å². The lowest BCUT2D eigenvalue weighted by atomic mass is 10.0. The lowest BCUT2D eigenvalue weighted by molar-refractivity contribution is 0.380. The van der Waals surface area contributed by atoms with E-state index in [1.165, 1.54) is 5.56 Å². The summed E-state index contributed by atoms with van der Waals surface area (Å²) in [6, 6.07) is 13.6. The van der Waals surface area contributed by atoms with Crippen LogP contribution in [0.4, 0.5) is 0 Å². The van der Waals surface area contributed by atoms with Crippen LogP contribution in [0.3, 0.4) is 0 Å². The summed E-state index contributed by atoms with van der Waals surface area (Å²) in [5.41, 5.74) is 1.32. The molecule has 0 aliphatic carbocycles. The molecule has 0 bridgehead atoms. The average molecular weight is 245 g/mol. The highest BCUT2D eigenvalue weighted by molar-refractivity contribution is 5.41. The molecular weight excluding hydrogens is 222 g/mol. The molecule has 3 nitrogen and oxygen atoms in total. The molecule has 0 saturated carbocycles. The second kappa shape index (κ2) is 8.62. The molecule has 0 aliphatic rings. The molecule has 1 aromatic rings. The molecule has 0 aliphatic heterocycles. The standard InChI is InChI=1S/C15H23N3/c1-4-16-13-17-15(10-11-18(2)3)12-14-8-6-5-7-9-14/h5-9,15H,4,10-12H2,1-3H3. The molecule has 98 valence electrons. The summed E-state index contributed by atoms with van der Waals surface area (Å²) in [5, 5.41) is 0. The fourth-order valence-corrected chi connectivity index (χ4v) is 1.70. The van der Waals surface area contributed by atoms with Gasteiger partial charge in [0, 0.05) is 6.54 Å². The summed E-state index contributed by atoms with van der Waals surface area (Å²) in [6.45, 7) is 3.78. The summed E-state index contributed by atoms with van der Waals surface area (Å²) in [5.74, 6) is 0. The van der Waals surface area contributed by atoms with Gasteiger partial charge in [-0.05, 0) is 46.0 Å². The number of nitrogens with zero attached hydrogens (tertiary/aromatic N) is 3. The Hall–Kier alpha value is -1.44. The van der Waals surface area contributed by atoms with Crippen LogP contribution in [0.1, 0.15) is 18.9 Å². The first-order chi connectivity index (χ1) is 8.72. The summed E-state index contributed by atoms with van der Waals surface area (Å²) >= 11 is 0. The second-order valence-electron chi connectivity index (χ2n) is 4.64. The molecule has 0 heterocycles. The summed E-state index contributed by atoms with van der Waals surface area (Å²) in [6.07, 6.45) is 2.00. The van der Waals surface area contributed by atoms with Crippen molar-refractivity contribution in [1.29, 1.82) is 0 Å². The number of hydrogen-bond acceptors (Lipinski definition) is 3. The molecule has 3 heteroatoms. The number of rotatable bonds is 7. The zero-order valence-electron chi connectivity index (χ0n) is 11.6. The largest absolute Gasteiger partial charge is 0.309 e. The van der Waals surface area contributed by atoms with E-state index in [0.29, 0.717) is 0 Å². The van der Waals surface area contributed by atoms with Gasteiger partial charge in [-0.15, -0.1) is 0 Å². The highest BCUT2D eigenvalue weighted by Crippen LogP contribution is 2.09. The van der Waals surface area contributed by atoms with Gasteiger partial charge in [-0.2, -0.15) is 0 Å². The van der Waals surface area contributed by atoms with Crippen molar-refractivity contribution in [2.75, 3.05) is 27.2 Å². The molecule has 1 unspecified atom stereocenters. The van der Waals surface area contributed by atoms with Gasteiger partial charge in [0.2, 0.25) is 0 Å². The molecule has 0 radical (unpaired) electrons. The van der Waals surface area contributed by atoms with Crippen LogP contribution in [0.5, 0.6) is 0 Å². The van der Waals surface area contributed by atoms with Crippen molar-refractivity contribution in [2.45, 2.75) is 25.8 Å². The van der Waals surface area contributed by atoms with Crippen molar-refractivity contribution in [3.63, 3.8) is 0 Å². The fraction of sp³-hybridized carbons (Fsp3) is 0.533. The Morgan fingerprint density at radius 1 is 1.22 bits per heavy atom. The van der Waals surface area contributed by atoms with Crippen molar-refractivity contribution < 1.29 is 0 Å². The molecule has 0 aromatic heterocycles. The first-order valence-corrected chi connectivity index (χ1v) is 6.52. The lowest BCUT2D eigenvalue weighted by Gasteiger charge is -2.14. The van der Waals surface area contributed by atoms with Crippen LogP contribution in [0.15, 0.2) is 40.3 Å². The van der Waals surface area contributed by atoms with Gasteiger partial charge < -0.3 is 4.90 Å². The summed E-state index contributed by atoms with van der Waals surface area (Å²) in [4.78, 5) is 10.7. The third-order valence-electron chi connectivity index (χ3n) is 2.69. The van der Waals surface area contributed by atoms with Crippen LogP contribution in [0.2, 0.25) is 0 Å². The van der Waals surface area contributed by atoms with Crippen molar-refractivity contribution >= 4 is 6.01 Å². The number of aliphatic imine (C=N–C) groups is 2. The van der Waals surface area contributed by atoms with E-state index in [0.717, 1.165) is 25.9 Å². The minimum atomic E-state index is 0.269. The molecule has 0 fully saturated rings. The number of benzene rings is 1. The molecule has 0 amide bonds. The third-order valence-corrected chi connectivity index (χ3v) is 2.69. The van der Waals surface area contributed by atoms with Gasteiger partial charge in [-0.25, -0.2) is 9.98 Å². The number of hydrogen-bond donors (Lipinski definition) is 0. The van der Waals surface area contributed by atoms with Crippen LogP contribution in [0, 0.1) is 0 Å². The molecule has 1 atom stereocenters. The predicted molar refractivity (Wildman–Crippen MR) is 77.5 cm³/mol. The summed E-state index contributed by atoms with van der Waals surface area (Å²) < 4.78 is 0. The van der Waals surface area contributed by atoms with E-state index < -0.39 is 0 Å². The Labute approximate surface area is 110 Å². The predicted octanol–water partition coefficient (Wildman–Crippen LogP) is 2.74.